The molecule has 0 unspecified atom stereocenters. The summed E-state index contributed by atoms with van der Waals surface area (Å²) in [7, 11) is -2.51. The fraction of sp³-hybridized carbons (Fsp3) is 0.212. The van der Waals surface area contributed by atoms with Crippen LogP contribution >= 0.6 is 7.82 Å². The predicted octanol–water partition coefficient (Wildman–Crippen LogP) is 7.19. The van der Waals surface area contributed by atoms with Gasteiger partial charge in [-0.2, -0.15) is 0 Å². The monoisotopic (exact) mass is 654 g/mol. The number of benzene rings is 4. The minimum atomic E-state index is -4.26. The molecule has 0 fully saturated rings. The Morgan fingerprint density at radius 1 is 0.644 bits per heavy atom. The Morgan fingerprint density at radius 3 is 1.67 bits per heavy atom. The molecule has 0 atom stereocenters. The first-order valence-electron chi connectivity index (χ1n) is 13.7. The van der Waals surface area contributed by atoms with Crippen LogP contribution in [0.3, 0.4) is 0 Å². The average molecular weight is 655 g/mol. The highest BCUT2D eigenvalue weighted by Gasteiger charge is 2.31. The molecule has 0 amide bonds. The van der Waals surface area contributed by atoms with E-state index in [4.69, 9.17) is 32.5 Å². The van der Waals surface area contributed by atoms with Crippen molar-refractivity contribution in [1.82, 2.24) is 0 Å². The maximum atomic E-state index is 14.0. The number of hydrogen-bond acceptors (Lipinski definition) is 10. The summed E-state index contributed by atoms with van der Waals surface area (Å²) in [6.45, 7) is -0.111. The van der Waals surface area contributed by atoms with Crippen molar-refractivity contribution in [3.05, 3.63) is 125 Å². The van der Waals surface area contributed by atoms with E-state index >= 15 is 0 Å². The largest absolute Gasteiger partial charge is 0.530 e. The summed E-state index contributed by atoms with van der Waals surface area (Å²) in [4.78, 5) is 0. The summed E-state index contributed by atoms with van der Waals surface area (Å²) >= 11 is 0. The van der Waals surface area contributed by atoms with Gasteiger partial charge in [-0.1, -0.05) is 72.8 Å². The molecule has 0 spiro atoms. The number of sulfone groups is 1. The van der Waals surface area contributed by atoms with Crippen LogP contribution in [0.15, 0.2) is 102 Å². The Labute approximate surface area is 263 Å². The molecule has 0 N–H and O–H groups in total. The quantitative estimate of drug-likeness (QED) is 0.0908. The lowest BCUT2D eigenvalue weighted by molar-refractivity contribution is 0.142. The van der Waals surface area contributed by atoms with Gasteiger partial charge in [0.25, 0.3) is 0 Å². The van der Waals surface area contributed by atoms with Crippen molar-refractivity contribution in [2.75, 3.05) is 28.4 Å². The number of rotatable bonds is 16. The normalized spacial score (nSPS) is 12.0. The third-order valence-electron chi connectivity index (χ3n) is 6.45. The summed E-state index contributed by atoms with van der Waals surface area (Å²) in [5.74, 6) is 0.519. The third kappa shape index (κ3) is 9.36. The summed E-state index contributed by atoms with van der Waals surface area (Å²) in [6, 6.07) is 27.8. The first-order chi connectivity index (χ1) is 21.7. The highest BCUT2D eigenvalue weighted by Crippen LogP contribution is 2.53. The van der Waals surface area contributed by atoms with E-state index in [1.165, 1.54) is 40.6 Å². The molecule has 12 heteroatoms. The van der Waals surface area contributed by atoms with E-state index in [1.54, 1.807) is 24.3 Å². The van der Waals surface area contributed by atoms with Crippen molar-refractivity contribution >= 4 is 23.4 Å². The highest BCUT2D eigenvalue weighted by atomic mass is 32.2. The summed E-state index contributed by atoms with van der Waals surface area (Å²) in [6.07, 6.45) is 0. The smallest absolute Gasteiger partial charge is 0.496 e. The van der Waals surface area contributed by atoms with Gasteiger partial charge >= 0.3 is 7.82 Å². The molecule has 0 saturated carbocycles. The lowest BCUT2D eigenvalue weighted by Gasteiger charge is -2.20. The van der Waals surface area contributed by atoms with Crippen molar-refractivity contribution in [3.63, 3.8) is 0 Å². The van der Waals surface area contributed by atoms with E-state index in [0.717, 1.165) is 16.5 Å². The minimum absolute atomic E-state index is 0.0167. The molecule has 4 rings (SSSR count). The molecule has 45 heavy (non-hydrogen) atoms. The molecular formula is C33H35O10PS. The molecule has 0 aliphatic carbocycles. The van der Waals surface area contributed by atoms with Gasteiger partial charge in [0.2, 0.25) is 0 Å². The van der Waals surface area contributed by atoms with Gasteiger partial charge in [0.05, 0.1) is 52.8 Å². The van der Waals surface area contributed by atoms with Gasteiger partial charge in [-0.25, -0.2) is 13.0 Å². The highest BCUT2D eigenvalue weighted by molar-refractivity contribution is 7.93. The molecule has 0 bridgehead atoms. The van der Waals surface area contributed by atoms with Crippen LogP contribution in [0.4, 0.5) is 0 Å². The second-order valence-electron chi connectivity index (χ2n) is 9.57. The molecule has 0 heterocycles. The van der Waals surface area contributed by atoms with Crippen molar-refractivity contribution in [2.45, 2.75) is 19.0 Å². The fourth-order valence-electron chi connectivity index (χ4n) is 4.29. The molecule has 0 saturated heterocycles. The van der Waals surface area contributed by atoms with Crippen LogP contribution in [0, 0.1) is 0 Å². The van der Waals surface area contributed by atoms with Crippen molar-refractivity contribution in [1.29, 1.82) is 0 Å². The SMILES string of the molecule is CO/C(=C/S(=O)(=O)Cc1ccc(OC)c(OP(=O)(OCc2ccccc2)OCc2ccccc2)c1)c1c(OC)cccc1OC. The number of ether oxygens (including phenoxy) is 4. The third-order valence-corrected chi connectivity index (χ3v) is 9.07. The van der Waals surface area contributed by atoms with Gasteiger partial charge in [-0.05, 0) is 41.0 Å². The zero-order chi connectivity index (χ0) is 32.3. The van der Waals surface area contributed by atoms with Crippen LogP contribution in [-0.4, -0.2) is 36.9 Å². The Morgan fingerprint density at radius 2 is 1.18 bits per heavy atom. The van der Waals surface area contributed by atoms with Crippen molar-refractivity contribution in [2.24, 2.45) is 0 Å². The molecular weight excluding hydrogens is 619 g/mol. The number of phosphoric ester groups is 1. The predicted molar refractivity (Wildman–Crippen MR) is 171 cm³/mol. The molecule has 10 nitrogen and oxygen atoms in total. The van der Waals surface area contributed by atoms with Gasteiger partial charge in [0.1, 0.15) is 22.8 Å². The van der Waals surface area contributed by atoms with Crippen LogP contribution in [0.2, 0.25) is 0 Å². The zero-order valence-electron chi connectivity index (χ0n) is 25.4. The molecule has 4 aromatic carbocycles. The molecule has 0 aromatic heterocycles. The van der Waals surface area contributed by atoms with E-state index in [0.29, 0.717) is 22.6 Å². The molecule has 0 aliphatic rings. The van der Waals surface area contributed by atoms with Crippen molar-refractivity contribution in [3.8, 4) is 23.0 Å². The maximum absolute atomic E-state index is 14.0. The maximum Gasteiger partial charge on any atom is 0.530 e. The van der Waals surface area contributed by atoms with Gasteiger partial charge in [-0.15, -0.1) is 0 Å². The van der Waals surface area contributed by atoms with Gasteiger partial charge in [0, 0.05) is 0 Å². The lowest BCUT2D eigenvalue weighted by atomic mass is 10.1. The van der Waals surface area contributed by atoms with Crippen LogP contribution in [0.1, 0.15) is 22.3 Å². The van der Waals surface area contributed by atoms with Crippen LogP contribution in [0.25, 0.3) is 5.76 Å². The first-order valence-corrected chi connectivity index (χ1v) is 16.9. The Balaban J connectivity index is 1.63. The molecule has 238 valence electrons. The molecule has 4 aromatic rings. The number of hydrogen-bond donors (Lipinski definition) is 0. The second kappa shape index (κ2) is 15.6. The topological polar surface area (TPSA) is 116 Å². The standard InChI is InChI=1S/C33H35O10PS/c1-37-28-19-18-27(23-45(35,36)24-32(40-4)33-29(38-2)16-11-17-30(33)39-3)20-31(28)43-44(34,41-21-25-12-7-5-8-13-25)42-22-26-14-9-6-10-15-26/h5-20,24H,21-23H2,1-4H3/b32-24+. The number of methoxy groups -OCH3 is 4. The second-order valence-corrected chi connectivity index (χ2v) is 13.0. The lowest BCUT2D eigenvalue weighted by Crippen LogP contribution is -2.06. The Hall–Kier alpha value is -4.28. The van der Waals surface area contributed by atoms with E-state index in [1.807, 2.05) is 60.7 Å². The summed E-state index contributed by atoms with van der Waals surface area (Å²) in [5.41, 5.74) is 2.18. The minimum Gasteiger partial charge on any atom is -0.496 e. The zero-order valence-corrected chi connectivity index (χ0v) is 27.1. The first kappa shape index (κ1) is 33.6. The Kier molecular flexibility index (Phi) is 11.7. The number of phosphoric acid groups is 1. The Bertz CT molecular complexity index is 1670. The molecule has 0 aliphatic heterocycles. The van der Waals surface area contributed by atoms with Gasteiger partial charge in [-0.3, -0.25) is 9.05 Å². The average Bonchev–Trinajstić information content (AvgIpc) is 3.06. The van der Waals surface area contributed by atoms with E-state index < -0.39 is 23.4 Å². The van der Waals surface area contributed by atoms with Gasteiger partial charge in [0.15, 0.2) is 21.3 Å². The molecule has 0 radical (unpaired) electrons. The van der Waals surface area contributed by atoms with Crippen LogP contribution in [-0.2, 0) is 47.2 Å². The van der Waals surface area contributed by atoms with Gasteiger partial charge < -0.3 is 23.5 Å². The van der Waals surface area contributed by atoms with Crippen LogP contribution < -0.4 is 18.7 Å². The fourth-order valence-corrected chi connectivity index (χ4v) is 6.73. The van der Waals surface area contributed by atoms with E-state index in [9.17, 15) is 13.0 Å². The summed E-state index contributed by atoms with van der Waals surface area (Å²) in [5, 5.41) is 1.01. The van der Waals surface area contributed by atoms with Crippen LogP contribution in [0.5, 0.6) is 23.0 Å². The van der Waals surface area contributed by atoms with E-state index in [-0.39, 0.29) is 30.5 Å². The summed E-state index contributed by atoms with van der Waals surface area (Å²) < 4.78 is 79.8. The van der Waals surface area contributed by atoms with Crippen molar-refractivity contribution < 1.29 is 45.5 Å². The van der Waals surface area contributed by atoms with E-state index in [2.05, 4.69) is 0 Å².